The lowest BCUT2D eigenvalue weighted by atomic mass is 10.2. The van der Waals surface area contributed by atoms with Crippen LogP contribution in [0.5, 0.6) is 0 Å². The van der Waals surface area contributed by atoms with E-state index in [1.807, 2.05) is 23.1 Å². The topological polar surface area (TPSA) is 63.5 Å². The third-order valence-corrected chi connectivity index (χ3v) is 3.48. The summed E-state index contributed by atoms with van der Waals surface area (Å²) in [4.78, 5) is 4.65. The Kier molecular flexibility index (Phi) is 9.45. The van der Waals surface area contributed by atoms with Crippen LogP contribution in [0.1, 0.15) is 26.7 Å². The molecule has 2 atom stereocenters. The number of hydrogen-bond acceptors (Lipinski definition) is 3. The Balaban J connectivity index is 0.00000242. The third-order valence-electron chi connectivity index (χ3n) is 3.48. The molecule has 2 heterocycles. The van der Waals surface area contributed by atoms with Crippen LogP contribution in [-0.4, -0.2) is 48.1 Å². The van der Waals surface area contributed by atoms with Crippen LogP contribution in [-0.2, 0) is 11.3 Å². The van der Waals surface area contributed by atoms with E-state index in [2.05, 4.69) is 34.6 Å². The van der Waals surface area contributed by atoms with Gasteiger partial charge in [-0.05, 0) is 31.7 Å². The van der Waals surface area contributed by atoms with Crippen LogP contribution < -0.4 is 10.6 Å². The Morgan fingerprint density at radius 2 is 2.36 bits per heavy atom. The van der Waals surface area contributed by atoms with E-state index in [0.29, 0.717) is 12.0 Å². The molecule has 1 fully saturated rings. The SMILES string of the molecule is CCNC(=NCC(C)Cn1cccn1)NCC1CCCO1.I. The predicted molar refractivity (Wildman–Crippen MR) is 99.8 cm³/mol. The first-order valence-corrected chi connectivity index (χ1v) is 7.89. The molecule has 1 saturated heterocycles. The van der Waals surface area contributed by atoms with Crippen LogP contribution in [0, 0.1) is 5.92 Å². The molecule has 2 rings (SSSR count). The molecule has 0 aromatic carbocycles. The summed E-state index contributed by atoms with van der Waals surface area (Å²) in [7, 11) is 0. The molecular formula is C15H28IN5O. The van der Waals surface area contributed by atoms with Crippen molar-refractivity contribution in [3.8, 4) is 0 Å². The van der Waals surface area contributed by atoms with Crippen molar-refractivity contribution < 1.29 is 4.74 Å². The van der Waals surface area contributed by atoms with Gasteiger partial charge in [-0.2, -0.15) is 5.10 Å². The molecule has 6 nitrogen and oxygen atoms in total. The average Bonchev–Trinajstić information content (AvgIpc) is 3.15. The number of aromatic nitrogens is 2. The third kappa shape index (κ3) is 6.95. The number of rotatable bonds is 7. The zero-order chi connectivity index (χ0) is 14.9. The molecule has 0 saturated carbocycles. The molecule has 2 unspecified atom stereocenters. The van der Waals surface area contributed by atoms with Crippen LogP contribution in [0.4, 0.5) is 0 Å². The fraction of sp³-hybridized carbons (Fsp3) is 0.733. The summed E-state index contributed by atoms with van der Waals surface area (Å²) < 4.78 is 7.57. The van der Waals surface area contributed by atoms with Crippen molar-refractivity contribution in [3.63, 3.8) is 0 Å². The maximum atomic E-state index is 5.62. The molecule has 0 spiro atoms. The largest absolute Gasteiger partial charge is 0.376 e. The van der Waals surface area contributed by atoms with E-state index < -0.39 is 0 Å². The van der Waals surface area contributed by atoms with Crippen molar-refractivity contribution in [1.29, 1.82) is 0 Å². The molecule has 0 aliphatic carbocycles. The Morgan fingerprint density at radius 1 is 1.50 bits per heavy atom. The minimum absolute atomic E-state index is 0. The minimum atomic E-state index is 0. The quantitative estimate of drug-likeness (QED) is 0.401. The van der Waals surface area contributed by atoms with Crippen LogP contribution >= 0.6 is 24.0 Å². The standard InChI is InChI=1S/C15H27N5O.HI/c1-3-16-15(18-11-14-6-4-9-21-14)17-10-13(2)12-20-8-5-7-19-20;/h5,7-8,13-14H,3-4,6,9-12H2,1-2H3,(H2,16,17,18);1H. The van der Waals surface area contributed by atoms with Gasteiger partial charge in [-0.15, -0.1) is 24.0 Å². The van der Waals surface area contributed by atoms with Crippen LogP contribution in [0.25, 0.3) is 0 Å². The second kappa shape index (κ2) is 10.8. The fourth-order valence-corrected chi connectivity index (χ4v) is 2.39. The van der Waals surface area contributed by atoms with Gasteiger partial charge in [0, 0.05) is 45.2 Å². The molecule has 22 heavy (non-hydrogen) atoms. The van der Waals surface area contributed by atoms with Gasteiger partial charge in [-0.1, -0.05) is 6.92 Å². The van der Waals surface area contributed by atoms with Crippen molar-refractivity contribution in [2.75, 3.05) is 26.2 Å². The molecule has 1 aromatic heterocycles. The van der Waals surface area contributed by atoms with Crippen molar-refractivity contribution in [2.24, 2.45) is 10.9 Å². The van der Waals surface area contributed by atoms with Crippen molar-refractivity contribution >= 4 is 29.9 Å². The monoisotopic (exact) mass is 421 g/mol. The first-order valence-electron chi connectivity index (χ1n) is 7.89. The summed E-state index contributed by atoms with van der Waals surface area (Å²) in [5.41, 5.74) is 0. The van der Waals surface area contributed by atoms with Gasteiger partial charge in [0.15, 0.2) is 5.96 Å². The summed E-state index contributed by atoms with van der Waals surface area (Å²) >= 11 is 0. The Morgan fingerprint density at radius 3 is 3.00 bits per heavy atom. The van der Waals surface area contributed by atoms with Crippen LogP contribution in [0.2, 0.25) is 0 Å². The van der Waals surface area contributed by atoms with E-state index in [4.69, 9.17) is 4.74 Å². The van der Waals surface area contributed by atoms with Gasteiger partial charge in [0.05, 0.1) is 6.10 Å². The number of nitrogens with zero attached hydrogens (tertiary/aromatic N) is 3. The lowest BCUT2D eigenvalue weighted by Gasteiger charge is -2.16. The first-order chi connectivity index (χ1) is 10.3. The highest BCUT2D eigenvalue weighted by molar-refractivity contribution is 14.0. The molecule has 126 valence electrons. The highest BCUT2D eigenvalue weighted by Crippen LogP contribution is 2.10. The minimum Gasteiger partial charge on any atom is -0.376 e. The fourth-order valence-electron chi connectivity index (χ4n) is 2.39. The maximum absolute atomic E-state index is 5.62. The van der Waals surface area contributed by atoms with Gasteiger partial charge in [0.25, 0.3) is 0 Å². The summed E-state index contributed by atoms with van der Waals surface area (Å²) in [6.07, 6.45) is 6.43. The summed E-state index contributed by atoms with van der Waals surface area (Å²) in [5, 5.41) is 10.9. The van der Waals surface area contributed by atoms with E-state index in [1.54, 1.807) is 0 Å². The van der Waals surface area contributed by atoms with E-state index in [-0.39, 0.29) is 24.0 Å². The summed E-state index contributed by atoms with van der Waals surface area (Å²) in [6, 6.07) is 1.95. The average molecular weight is 421 g/mol. The molecule has 1 aliphatic rings. The lowest BCUT2D eigenvalue weighted by Crippen LogP contribution is -2.41. The predicted octanol–water partition coefficient (Wildman–Crippen LogP) is 1.87. The number of guanidine groups is 1. The Hall–Kier alpha value is -0.830. The molecule has 2 N–H and O–H groups in total. The van der Waals surface area contributed by atoms with E-state index in [0.717, 1.165) is 45.2 Å². The molecular weight excluding hydrogens is 393 g/mol. The molecule has 7 heteroatoms. The highest BCUT2D eigenvalue weighted by atomic mass is 127. The normalized spacial score (nSPS) is 19.5. The molecule has 0 bridgehead atoms. The maximum Gasteiger partial charge on any atom is 0.191 e. The summed E-state index contributed by atoms with van der Waals surface area (Å²) in [5.74, 6) is 1.32. The first kappa shape index (κ1) is 19.2. The number of hydrogen-bond donors (Lipinski definition) is 2. The summed E-state index contributed by atoms with van der Waals surface area (Å²) in [6.45, 7) is 8.53. The number of nitrogens with one attached hydrogen (secondary N) is 2. The lowest BCUT2D eigenvalue weighted by molar-refractivity contribution is 0.114. The van der Waals surface area contributed by atoms with Gasteiger partial charge in [-0.25, -0.2) is 0 Å². The van der Waals surface area contributed by atoms with Gasteiger partial charge < -0.3 is 15.4 Å². The number of halogens is 1. The zero-order valence-electron chi connectivity index (χ0n) is 13.5. The van der Waals surface area contributed by atoms with Gasteiger partial charge in [0.2, 0.25) is 0 Å². The number of ether oxygens (including phenoxy) is 1. The molecule has 1 aliphatic heterocycles. The van der Waals surface area contributed by atoms with Gasteiger partial charge >= 0.3 is 0 Å². The highest BCUT2D eigenvalue weighted by Gasteiger charge is 2.15. The molecule has 1 aromatic rings. The van der Waals surface area contributed by atoms with Crippen molar-refractivity contribution in [3.05, 3.63) is 18.5 Å². The van der Waals surface area contributed by atoms with Crippen molar-refractivity contribution in [1.82, 2.24) is 20.4 Å². The van der Waals surface area contributed by atoms with E-state index >= 15 is 0 Å². The van der Waals surface area contributed by atoms with E-state index in [1.165, 1.54) is 6.42 Å². The van der Waals surface area contributed by atoms with Gasteiger partial charge in [-0.3, -0.25) is 9.67 Å². The van der Waals surface area contributed by atoms with Crippen LogP contribution in [0.15, 0.2) is 23.5 Å². The molecule has 0 radical (unpaired) electrons. The van der Waals surface area contributed by atoms with Crippen LogP contribution in [0.3, 0.4) is 0 Å². The van der Waals surface area contributed by atoms with Crippen molar-refractivity contribution in [2.45, 2.75) is 39.3 Å². The number of aliphatic imine (C=N–C) groups is 1. The smallest absolute Gasteiger partial charge is 0.191 e. The Labute approximate surface area is 150 Å². The van der Waals surface area contributed by atoms with Gasteiger partial charge in [0.1, 0.15) is 0 Å². The Bertz CT molecular complexity index is 418. The second-order valence-electron chi connectivity index (χ2n) is 5.57. The second-order valence-corrected chi connectivity index (χ2v) is 5.57. The zero-order valence-corrected chi connectivity index (χ0v) is 15.8. The molecule has 0 amide bonds. The van der Waals surface area contributed by atoms with E-state index in [9.17, 15) is 0 Å².